The van der Waals surface area contributed by atoms with E-state index in [-0.39, 0.29) is 23.8 Å². The Kier molecular flexibility index (Phi) is 4.52. The molecule has 3 rings (SSSR count). The fourth-order valence-corrected chi connectivity index (χ4v) is 4.75. The summed E-state index contributed by atoms with van der Waals surface area (Å²) < 4.78 is 0. The van der Waals surface area contributed by atoms with Gasteiger partial charge in [-0.15, -0.1) is 11.3 Å². The highest BCUT2D eigenvalue weighted by molar-refractivity contribution is 7.14. The van der Waals surface area contributed by atoms with E-state index >= 15 is 0 Å². The van der Waals surface area contributed by atoms with E-state index in [1.165, 1.54) is 29.7 Å². The van der Waals surface area contributed by atoms with E-state index in [1.807, 2.05) is 4.90 Å². The van der Waals surface area contributed by atoms with Gasteiger partial charge in [-0.2, -0.15) is 0 Å². The maximum Gasteiger partial charge on any atom is 0.264 e. The van der Waals surface area contributed by atoms with Gasteiger partial charge in [0.05, 0.1) is 10.8 Å². The number of primary amides is 1. The Bertz CT molecular complexity index is 558. The highest BCUT2D eigenvalue weighted by Crippen LogP contribution is 2.31. The zero-order valence-electron chi connectivity index (χ0n) is 13.1. The molecule has 1 saturated heterocycles. The number of rotatable bonds is 2. The van der Waals surface area contributed by atoms with Crippen molar-refractivity contribution in [3.05, 3.63) is 21.4 Å². The number of hydrogen-bond donors (Lipinski definition) is 1. The van der Waals surface area contributed by atoms with E-state index in [9.17, 15) is 9.59 Å². The number of hydrogen-bond acceptors (Lipinski definition) is 3. The average Bonchev–Trinajstić information content (AvgIpc) is 2.78. The molecule has 22 heavy (non-hydrogen) atoms. The van der Waals surface area contributed by atoms with Crippen LogP contribution in [0.3, 0.4) is 0 Å². The zero-order chi connectivity index (χ0) is 15.7. The second kappa shape index (κ2) is 6.41. The van der Waals surface area contributed by atoms with Crippen molar-refractivity contribution in [2.45, 2.75) is 57.9 Å². The zero-order valence-corrected chi connectivity index (χ0v) is 14.0. The first-order valence-electron chi connectivity index (χ1n) is 8.28. The van der Waals surface area contributed by atoms with Crippen molar-refractivity contribution in [1.29, 1.82) is 0 Å². The van der Waals surface area contributed by atoms with E-state index in [0.717, 1.165) is 30.6 Å². The number of likely N-dealkylation sites (tertiary alicyclic amines) is 1. The van der Waals surface area contributed by atoms with Crippen LogP contribution in [0.2, 0.25) is 0 Å². The molecule has 1 aromatic rings. The Balaban J connectivity index is 1.79. The van der Waals surface area contributed by atoms with E-state index < -0.39 is 0 Å². The van der Waals surface area contributed by atoms with Crippen LogP contribution in [0.1, 0.15) is 59.1 Å². The molecule has 2 atom stereocenters. The lowest BCUT2D eigenvalue weighted by atomic mass is 9.93. The predicted octanol–water partition coefficient (Wildman–Crippen LogP) is 2.74. The molecule has 0 aromatic carbocycles. The maximum absolute atomic E-state index is 12.9. The number of fused-ring (bicyclic) bond motifs is 1. The van der Waals surface area contributed by atoms with Gasteiger partial charge in [-0.1, -0.05) is 6.42 Å². The third-order valence-electron chi connectivity index (χ3n) is 5.00. The van der Waals surface area contributed by atoms with Gasteiger partial charge in [-0.05, 0) is 57.1 Å². The summed E-state index contributed by atoms with van der Waals surface area (Å²) in [7, 11) is 0. The van der Waals surface area contributed by atoms with Crippen molar-refractivity contribution in [3.63, 3.8) is 0 Å². The smallest absolute Gasteiger partial charge is 0.264 e. The highest BCUT2D eigenvalue weighted by Gasteiger charge is 2.33. The topological polar surface area (TPSA) is 63.4 Å². The molecule has 1 aromatic heterocycles. The lowest BCUT2D eigenvalue weighted by Gasteiger charge is -2.36. The fourth-order valence-electron chi connectivity index (χ4n) is 3.54. The molecule has 2 aliphatic rings. The van der Waals surface area contributed by atoms with Crippen LogP contribution in [0.15, 0.2) is 6.07 Å². The van der Waals surface area contributed by atoms with Gasteiger partial charge in [-0.3, -0.25) is 9.59 Å². The summed E-state index contributed by atoms with van der Waals surface area (Å²) in [5, 5.41) is 0. The van der Waals surface area contributed by atoms with Crippen LogP contribution < -0.4 is 5.73 Å². The molecule has 0 unspecified atom stereocenters. The van der Waals surface area contributed by atoms with Crippen molar-refractivity contribution >= 4 is 23.2 Å². The lowest BCUT2D eigenvalue weighted by molar-refractivity contribution is -0.123. The molecule has 0 bridgehead atoms. The monoisotopic (exact) mass is 320 g/mol. The largest absolute Gasteiger partial charge is 0.369 e. The second-order valence-corrected chi connectivity index (χ2v) is 7.74. The summed E-state index contributed by atoms with van der Waals surface area (Å²) in [4.78, 5) is 28.4. The van der Waals surface area contributed by atoms with Crippen LogP contribution in [0.25, 0.3) is 0 Å². The van der Waals surface area contributed by atoms with Crippen LogP contribution in [0, 0.1) is 5.92 Å². The average molecular weight is 320 g/mol. The normalized spacial score (nSPS) is 25.4. The van der Waals surface area contributed by atoms with Crippen molar-refractivity contribution in [3.8, 4) is 0 Å². The SMILES string of the molecule is C[C@H]1CC[C@H](C(N)=O)CN1C(=O)c1cc2c(s1)CCCCC2. The predicted molar refractivity (Wildman–Crippen MR) is 88.0 cm³/mol. The van der Waals surface area contributed by atoms with Crippen LogP contribution in [-0.4, -0.2) is 29.3 Å². The molecular formula is C17H24N2O2S. The molecule has 5 heteroatoms. The minimum Gasteiger partial charge on any atom is -0.369 e. The number of aryl methyl sites for hydroxylation is 2. The van der Waals surface area contributed by atoms with Crippen LogP contribution in [0.5, 0.6) is 0 Å². The van der Waals surface area contributed by atoms with Crippen LogP contribution in [-0.2, 0) is 17.6 Å². The first-order chi connectivity index (χ1) is 10.6. The fraction of sp³-hybridized carbons (Fsp3) is 0.647. The number of nitrogens with two attached hydrogens (primary N) is 1. The third-order valence-corrected chi connectivity index (χ3v) is 6.23. The maximum atomic E-state index is 12.9. The van der Waals surface area contributed by atoms with Crippen molar-refractivity contribution < 1.29 is 9.59 Å². The van der Waals surface area contributed by atoms with E-state index in [1.54, 1.807) is 11.3 Å². The van der Waals surface area contributed by atoms with E-state index in [2.05, 4.69) is 13.0 Å². The van der Waals surface area contributed by atoms with Crippen LogP contribution in [0.4, 0.5) is 0 Å². The second-order valence-electron chi connectivity index (χ2n) is 6.60. The summed E-state index contributed by atoms with van der Waals surface area (Å²) in [6.07, 6.45) is 7.58. The Morgan fingerprint density at radius 2 is 2.00 bits per heavy atom. The van der Waals surface area contributed by atoms with Gasteiger partial charge in [0.1, 0.15) is 0 Å². The first-order valence-corrected chi connectivity index (χ1v) is 9.09. The van der Waals surface area contributed by atoms with Gasteiger partial charge in [0.15, 0.2) is 0 Å². The molecule has 2 N–H and O–H groups in total. The summed E-state index contributed by atoms with van der Waals surface area (Å²) in [5.74, 6) is -0.402. The minimum atomic E-state index is -0.285. The number of thiophene rings is 1. The molecule has 0 radical (unpaired) electrons. The Morgan fingerprint density at radius 1 is 1.23 bits per heavy atom. The molecule has 4 nitrogen and oxygen atoms in total. The molecule has 0 spiro atoms. The van der Waals surface area contributed by atoms with Gasteiger partial charge in [0.2, 0.25) is 5.91 Å². The van der Waals surface area contributed by atoms with Gasteiger partial charge < -0.3 is 10.6 Å². The number of amides is 2. The third kappa shape index (κ3) is 3.05. The van der Waals surface area contributed by atoms with Crippen molar-refractivity contribution in [2.24, 2.45) is 11.7 Å². The molecule has 2 amide bonds. The standard InChI is InChI=1S/C17H24N2O2S/c1-11-7-8-13(16(18)20)10-19(11)17(21)15-9-12-5-3-2-4-6-14(12)22-15/h9,11,13H,2-8,10H2,1H3,(H2,18,20)/t11-,13-/m0/s1. The number of nitrogens with zero attached hydrogens (tertiary/aromatic N) is 1. The number of carbonyl (C=O) groups is 2. The van der Waals surface area contributed by atoms with Gasteiger partial charge in [0.25, 0.3) is 5.91 Å². The first kappa shape index (κ1) is 15.5. The van der Waals surface area contributed by atoms with E-state index in [4.69, 9.17) is 5.73 Å². The summed E-state index contributed by atoms with van der Waals surface area (Å²) >= 11 is 1.65. The Labute approximate surface area is 135 Å². The van der Waals surface area contributed by atoms with Crippen molar-refractivity contribution in [2.75, 3.05) is 6.54 Å². The number of carbonyl (C=O) groups excluding carboxylic acids is 2. The number of piperidine rings is 1. The minimum absolute atomic E-state index is 0.0801. The molecule has 2 heterocycles. The van der Waals surface area contributed by atoms with Gasteiger partial charge in [-0.25, -0.2) is 0 Å². The summed E-state index contributed by atoms with van der Waals surface area (Å²) in [6, 6.07) is 2.28. The molecule has 0 saturated carbocycles. The van der Waals surface area contributed by atoms with Gasteiger partial charge >= 0.3 is 0 Å². The van der Waals surface area contributed by atoms with Gasteiger partial charge in [0, 0.05) is 17.5 Å². The quantitative estimate of drug-likeness (QED) is 0.852. The molecular weight excluding hydrogens is 296 g/mol. The van der Waals surface area contributed by atoms with E-state index in [0.29, 0.717) is 6.54 Å². The van der Waals surface area contributed by atoms with Crippen LogP contribution >= 0.6 is 11.3 Å². The Hall–Kier alpha value is -1.36. The molecule has 120 valence electrons. The lowest BCUT2D eigenvalue weighted by Crippen LogP contribution is -2.48. The summed E-state index contributed by atoms with van der Waals surface area (Å²) in [5.41, 5.74) is 6.80. The van der Waals surface area contributed by atoms with Crippen molar-refractivity contribution in [1.82, 2.24) is 4.90 Å². The molecule has 1 aliphatic heterocycles. The molecule has 1 fully saturated rings. The summed E-state index contributed by atoms with van der Waals surface area (Å²) in [6.45, 7) is 2.53. The Morgan fingerprint density at radius 3 is 2.77 bits per heavy atom. The highest BCUT2D eigenvalue weighted by atomic mass is 32.1. The molecule has 1 aliphatic carbocycles.